The summed E-state index contributed by atoms with van der Waals surface area (Å²) < 4.78 is 5.22. The third kappa shape index (κ3) is 5.80. The maximum absolute atomic E-state index is 13.0. The van der Waals surface area contributed by atoms with E-state index < -0.39 is 0 Å². The van der Waals surface area contributed by atoms with Gasteiger partial charge in [0.15, 0.2) is 11.9 Å². The zero-order valence-electron chi connectivity index (χ0n) is 20.1. The number of aryl methyl sites for hydroxylation is 1. The second-order valence-electron chi connectivity index (χ2n) is 8.62. The van der Waals surface area contributed by atoms with Gasteiger partial charge >= 0.3 is 5.89 Å². The first-order valence-electron chi connectivity index (χ1n) is 11.7. The van der Waals surface area contributed by atoms with Gasteiger partial charge in [-0.2, -0.15) is 5.26 Å². The number of benzene rings is 2. The molecule has 0 bridgehead atoms. The van der Waals surface area contributed by atoms with Crippen LogP contribution in [0.2, 0.25) is 0 Å². The monoisotopic (exact) mass is 486 g/mol. The van der Waals surface area contributed by atoms with Crippen LogP contribution < -0.4 is 0 Å². The second-order valence-corrected chi connectivity index (χ2v) is 8.62. The number of hydrogen-bond donors (Lipinski definition) is 0. The summed E-state index contributed by atoms with van der Waals surface area (Å²) in [6.07, 6.45) is 6.54. The van der Waals surface area contributed by atoms with E-state index >= 15 is 0 Å². The summed E-state index contributed by atoms with van der Waals surface area (Å²) in [6.45, 7) is 2.05. The van der Waals surface area contributed by atoms with Crippen LogP contribution in [0.15, 0.2) is 83.7 Å². The van der Waals surface area contributed by atoms with Crippen LogP contribution in [-0.2, 0) is 19.3 Å². The topological polar surface area (TPSA) is 118 Å². The number of carbonyl (C=O) groups is 1. The fourth-order valence-electron chi connectivity index (χ4n) is 4.00. The van der Waals surface area contributed by atoms with Crippen molar-refractivity contribution in [3.05, 3.63) is 125 Å². The van der Waals surface area contributed by atoms with Crippen molar-refractivity contribution in [2.75, 3.05) is 0 Å². The average molecular weight is 487 g/mol. The number of hydrogen-bond acceptors (Lipinski definition) is 8. The smallest absolute Gasteiger partial charge is 0.321 e. The van der Waals surface area contributed by atoms with E-state index in [0.717, 1.165) is 33.5 Å². The third-order valence-corrected chi connectivity index (χ3v) is 5.98. The van der Waals surface area contributed by atoms with Crippen LogP contribution in [0, 0.1) is 18.3 Å². The summed E-state index contributed by atoms with van der Waals surface area (Å²) in [7, 11) is 0. The first-order valence-corrected chi connectivity index (χ1v) is 11.7. The number of ketones is 1. The van der Waals surface area contributed by atoms with E-state index in [1.165, 1.54) is 0 Å². The summed E-state index contributed by atoms with van der Waals surface area (Å²) in [5, 5.41) is 16.3. The number of rotatable bonds is 8. The SMILES string of the molecule is Cc1ccc(CC(=O)c2ccc(Cc3nnc(C#N)o3)cc2)cc1Cc1nccc(-c2cccnc2)n1. The molecule has 0 radical (unpaired) electrons. The highest BCUT2D eigenvalue weighted by Crippen LogP contribution is 2.19. The molecule has 0 spiro atoms. The molecule has 0 atom stereocenters. The van der Waals surface area contributed by atoms with Crippen molar-refractivity contribution < 1.29 is 9.21 Å². The van der Waals surface area contributed by atoms with Gasteiger partial charge in [-0.05, 0) is 47.4 Å². The van der Waals surface area contributed by atoms with Crippen LogP contribution in [0.1, 0.15) is 50.2 Å². The van der Waals surface area contributed by atoms with Crippen LogP contribution >= 0.6 is 0 Å². The molecule has 0 fully saturated rings. The molecule has 0 aliphatic carbocycles. The predicted octanol–water partition coefficient (Wildman–Crippen LogP) is 4.71. The van der Waals surface area contributed by atoms with Crippen LogP contribution in [0.3, 0.4) is 0 Å². The van der Waals surface area contributed by atoms with Crippen molar-refractivity contribution in [2.45, 2.75) is 26.2 Å². The van der Waals surface area contributed by atoms with Crippen molar-refractivity contribution in [1.29, 1.82) is 5.26 Å². The molecule has 0 saturated carbocycles. The van der Waals surface area contributed by atoms with Crippen LogP contribution in [0.4, 0.5) is 0 Å². The first-order chi connectivity index (χ1) is 18.1. The van der Waals surface area contributed by atoms with Gasteiger partial charge < -0.3 is 4.42 Å². The molecule has 0 aliphatic heterocycles. The number of aromatic nitrogens is 5. The molecular weight excluding hydrogens is 464 g/mol. The maximum atomic E-state index is 13.0. The molecule has 0 aliphatic rings. The van der Waals surface area contributed by atoms with E-state index in [2.05, 4.69) is 26.2 Å². The van der Waals surface area contributed by atoms with Crippen molar-refractivity contribution in [2.24, 2.45) is 0 Å². The molecule has 5 aromatic rings. The van der Waals surface area contributed by atoms with E-state index in [1.54, 1.807) is 30.7 Å². The number of Topliss-reactive ketones (excluding diaryl/α,β-unsaturated/α-hetero) is 1. The van der Waals surface area contributed by atoms with Gasteiger partial charge in [-0.3, -0.25) is 9.78 Å². The lowest BCUT2D eigenvalue weighted by Gasteiger charge is -2.10. The van der Waals surface area contributed by atoms with E-state index in [1.807, 2.05) is 55.5 Å². The molecule has 0 saturated heterocycles. The molecule has 8 nitrogen and oxygen atoms in total. The Balaban J connectivity index is 1.27. The molecule has 3 heterocycles. The maximum Gasteiger partial charge on any atom is 0.321 e. The van der Waals surface area contributed by atoms with Gasteiger partial charge in [-0.15, -0.1) is 5.10 Å². The second kappa shape index (κ2) is 10.7. The number of carbonyl (C=O) groups excluding carboxylic acids is 1. The van der Waals surface area contributed by atoms with Crippen LogP contribution in [0.5, 0.6) is 0 Å². The predicted molar refractivity (Wildman–Crippen MR) is 136 cm³/mol. The summed E-state index contributed by atoms with van der Waals surface area (Å²) >= 11 is 0. The zero-order chi connectivity index (χ0) is 25.6. The van der Waals surface area contributed by atoms with E-state index in [9.17, 15) is 4.79 Å². The molecule has 8 heteroatoms. The molecule has 37 heavy (non-hydrogen) atoms. The Morgan fingerprint density at radius 3 is 2.57 bits per heavy atom. The summed E-state index contributed by atoms with van der Waals surface area (Å²) in [6, 6.07) is 20.9. The summed E-state index contributed by atoms with van der Waals surface area (Å²) in [4.78, 5) is 26.3. The van der Waals surface area contributed by atoms with E-state index in [4.69, 9.17) is 14.7 Å². The Morgan fingerprint density at radius 1 is 0.973 bits per heavy atom. The lowest BCUT2D eigenvalue weighted by molar-refractivity contribution is 0.0993. The third-order valence-electron chi connectivity index (χ3n) is 5.98. The summed E-state index contributed by atoms with van der Waals surface area (Å²) in [5.74, 6) is 1.04. The Hall–Kier alpha value is -5.03. The molecule has 2 aromatic carbocycles. The number of pyridine rings is 1. The number of nitrogens with zero attached hydrogens (tertiary/aromatic N) is 6. The van der Waals surface area contributed by atoms with Gasteiger partial charge in [0.25, 0.3) is 0 Å². The van der Waals surface area contributed by atoms with Crippen molar-refractivity contribution in [1.82, 2.24) is 25.1 Å². The van der Waals surface area contributed by atoms with Crippen molar-refractivity contribution in [3.8, 4) is 17.3 Å². The Bertz CT molecular complexity index is 1590. The average Bonchev–Trinajstić information content (AvgIpc) is 3.39. The molecule has 5 rings (SSSR count). The fraction of sp³-hybridized carbons (Fsp3) is 0.138. The van der Waals surface area contributed by atoms with Crippen molar-refractivity contribution >= 4 is 5.78 Å². The molecular formula is C29H22N6O2. The fourth-order valence-corrected chi connectivity index (χ4v) is 4.00. The molecule has 0 N–H and O–H groups in total. The normalized spacial score (nSPS) is 10.7. The van der Waals surface area contributed by atoms with Crippen molar-refractivity contribution in [3.63, 3.8) is 0 Å². The highest BCUT2D eigenvalue weighted by atomic mass is 16.4. The van der Waals surface area contributed by atoms with Gasteiger partial charge in [0.05, 0.1) is 12.1 Å². The minimum Gasteiger partial charge on any atom is -0.413 e. The first kappa shape index (κ1) is 23.7. The van der Waals surface area contributed by atoms with Gasteiger partial charge in [0.1, 0.15) is 5.82 Å². The lowest BCUT2D eigenvalue weighted by Crippen LogP contribution is -2.05. The highest BCUT2D eigenvalue weighted by molar-refractivity contribution is 5.97. The van der Waals surface area contributed by atoms with Crippen LogP contribution in [0.25, 0.3) is 11.3 Å². The molecule has 0 unspecified atom stereocenters. The van der Waals surface area contributed by atoms with Gasteiger partial charge in [-0.1, -0.05) is 47.6 Å². The number of nitriles is 1. The highest BCUT2D eigenvalue weighted by Gasteiger charge is 2.12. The van der Waals surface area contributed by atoms with Crippen LogP contribution in [-0.4, -0.2) is 30.9 Å². The zero-order valence-corrected chi connectivity index (χ0v) is 20.1. The quantitative estimate of drug-likeness (QED) is 0.289. The standard InChI is InChI=1S/C29H22N6O2/c1-19-4-5-21(13-24(19)16-27-32-12-10-25(33-27)23-3-2-11-31-18-23)14-26(36)22-8-6-20(7-9-22)15-28-34-35-29(17-30)37-28/h2-13,18H,14-16H2,1H3. The molecule has 3 aromatic heterocycles. The largest absolute Gasteiger partial charge is 0.413 e. The molecule has 0 amide bonds. The van der Waals surface area contributed by atoms with Gasteiger partial charge in [0.2, 0.25) is 5.89 Å². The van der Waals surface area contributed by atoms with E-state index in [-0.39, 0.29) is 11.7 Å². The minimum atomic E-state index is -0.0629. The van der Waals surface area contributed by atoms with E-state index in [0.29, 0.717) is 36.5 Å². The Kier molecular flexibility index (Phi) is 6.86. The van der Waals surface area contributed by atoms with Gasteiger partial charge in [0, 0.05) is 42.6 Å². The summed E-state index contributed by atoms with van der Waals surface area (Å²) in [5.41, 5.74) is 6.45. The minimum absolute atomic E-state index is 0.0285. The van der Waals surface area contributed by atoms with Gasteiger partial charge in [-0.25, -0.2) is 9.97 Å². The molecule has 180 valence electrons. The Morgan fingerprint density at radius 2 is 1.81 bits per heavy atom. The Labute approximate surface area is 213 Å². The lowest BCUT2D eigenvalue weighted by atomic mass is 9.97.